The molecule has 15 heavy (non-hydrogen) atoms. The van der Waals surface area contributed by atoms with E-state index in [2.05, 4.69) is 28.8 Å². The van der Waals surface area contributed by atoms with Gasteiger partial charge in [-0.3, -0.25) is 0 Å². The van der Waals surface area contributed by atoms with E-state index < -0.39 is 0 Å². The highest BCUT2D eigenvalue weighted by atomic mass is 32.2. The largest absolute Gasteiger partial charge is 0.385 e. The molecule has 84 valence electrons. The molecule has 0 aliphatic heterocycles. The van der Waals surface area contributed by atoms with Gasteiger partial charge in [0.15, 0.2) is 0 Å². The van der Waals surface area contributed by atoms with E-state index in [0.717, 1.165) is 24.6 Å². The summed E-state index contributed by atoms with van der Waals surface area (Å²) in [7, 11) is 0. The summed E-state index contributed by atoms with van der Waals surface area (Å²) in [5, 5.41) is 6.58. The van der Waals surface area contributed by atoms with E-state index in [1.807, 2.05) is 30.1 Å². The molecule has 0 saturated carbocycles. The molecule has 0 radical (unpaired) electrons. The summed E-state index contributed by atoms with van der Waals surface area (Å²) in [6.07, 6.45) is 5.16. The minimum Gasteiger partial charge on any atom is -0.385 e. The van der Waals surface area contributed by atoms with Gasteiger partial charge in [0.05, 0.1) is 0 Å². The lowest BCUT2D eigenvalue weighted by molar-refractivity contribution is 0.992. The number of nitrogens with zero attached hydrogens (tertiary/aromatic N) is 1. The van der Waals surface area contributed by atoms with Crippen molar-refractivity contribution >= 4 is 23.3 Å². The lowest BCUT2D eigenvalue weighted by Gasteiger charge is -2.07. The first-order chi connectivity index (χ1) is 7.36. The van der Waals surface area contributed by atoms with E-state index in [0.29, 0.717) is 0 Å². The van der Waals surface area contributed by atoms with Crippen molar-refractivity contribution in [3.8, 4) is 0 Å². The van der Waals surface area contributed by atoms with Crippen molar-refractivity contribution in [3.63, 3.8) is 0 Å². The summed E-state index contributed by atoms with van der Waals surface area (Å²) in [4.78, 5) is 4.22. The number of rotatable bonds is 7. The quantitative estimate of drug-likeness (QED) is 0.700. The fourth-order valence-electron chi connectivity index (χ4n) is 1.27. The Morgan fingerprint density at radius 2 is 2.27 bits per heavy atom. The molecule has 0 aromatic carbocycles. The minimum atomic E-state index is 0.906. The van der Waals surface area contributed by atoms with Crippen LogP contribution in [0.4, 0.5) is 11.5 Å². The normalized spacial score (nSPS) is 10.0. The Morgan fingerprint density at radius 1 is 1.40 bits per heavy atom. The highest BCUT2D eigenvalue weighted by Gasteiger charge is 1.94. The number of thioether (sulfide) groups is 1. The smallest absolute Gasteiger partial charge is 0.127 e. The SMILES string of the molecule is CCNc1cc(NCCCSC)ccn1. The second kappa shape index (κ2) is 7.40. The summed E-state index contributed by atoms with van der Waals surface area (Å²) in [6.45, 7) is 4.00. The number of aromatic nitrogens is 1. The molecule has 0 bridgehead atoms. The predicted octanol–water partition coefficient (Wildman–Crippen LogP) is 2.68. The Bertz CT molecular complexity index is 278. The van der Waals surface area contributed by atoms with Gasteiger partial charge >= 0.3 is 0 Å². The van der Waals surface area contributed by atoms with E-state index in [-0.39, 0.29) is 0 Å². The van der Waals surface area contributed by atoms with Gasteiger partial charge in [-0.15, -0.1) is 0 Å². The number of nitrogens with one attached hydrogen (secondary N) is 2. The van der Waals surface area contributed by atoms with Gasteiger partial charge in [0, 0.05) is 31.0 Å². The van der Waals surface area contributed by atoms with Crippen LogP contribution in [-0.4, -0.2) is 30.1 Å². The Kier molecular flexibility index (Phi) is 6.00. The van der Waals surface area contributed by atoms with Crippen LogP contribution < -0.4 is 10.6 Å². The number of hydrogen-bond donors (Lipinski definition) is 2. The zero-order valence-corrected chi connectivity index (χ0v) is 10.2. The third-order valence-corrected chi connectivity index (χ3v) is 2.67. The molecule has 0 atom stereocenters. The van der Waals surface area contributed by atoms with Crippen molar-refractivity contribution < 1.29 is 0 Å². The highest BCUT2D eigenvalue weighted by Crippen LogP contribution is 2.11. The number of hydrogen-bond acceptors (Lipinski definition) is 4. The Balaban J connectivity index is 2.36. The number of anilines is 2. The molecule has 1 heterocycles. The van der Waals surface area contributed by atoms with Crippen molar-refractivity contribution in [3.05, 3.63) is 18.3 Å². The van der Waals surface area contributed by atoms with Gasteiger partial charge in [0.1, 0.15) is 5.82 Å². The molecular formula is C11H19N3S. The Labute approximate surface area is 96.1 Å². The average Bonchev–Trinajstić information content (AvgIpc) is 2.26. The van der Waals surface area contributed by atoms with Crippen LogP contribution in [0.15, 0.2) is 18.3 Å². The molecule has 1 aromatic rings. The zero-order chi connectivity index (χ0) is 10.9. The molecule has 0 aliphatic carbocycles. The molecule has 0 unspecified atom stereocenters. The van der Waals surface area contributed by atoms with Crippen molar-refractivity contribution in [1.82, 2.24) is 4.98 Å². The Hall–Kier alpha value is -0.900. The monoisotopic (exact) mass is 225 g/mol. The zero-order valence-electron chi connectivity index (χ0n) is 9.42. The van der Waals surface area contributed by atoms with Gasteiger partial charge < -0.3 is 10.6 Å². The van der Waals surface area contributed by atoms with Gasteiger partial charge in [0.2, 0.25) is 0 Å². The van der Waals surface area contributed by atoms with Crippen LogP contribution in [0, 0.1) is 0 Å². The maximum Gasteiger partial charge on any atom is 0.127 e. The summed E-state index contributed by atoms with van der Waals surface area (Å²) >= 11 is 1.88. The molecule has 2 N–H and O–H groups in total. The van der Waals surface area contributed by atoms with Gasteiger partial charge in [-0.25, -0.2) is 4.98 Å². The molecule has 1 aromatic heterocycles. The lowest BCUT2D eigenvalue weighted by Crippen LogP contribution is -2.04. The van der Waals surface area contributed by atoms with Crippen LogP contribution in [0.3, 0.4) is 0 Å². The van der Waals surface area contributed by atoms with Crippen LogP contribution in [0.5, 0.6) is 0 Å². The Morgan fingerprint density at radius 3 is 3.00 bits per heavy atom. The van der Waals surface area contributed by atoms with E-state index >= 15 is 0 Å². The molecule has 0 amide bonds. The second-order valence-corrected chi connectivity index (χ2v) is 4.22. The van der Waals surface area contributed by atoms with Crippen LogP contribution in [0.1, 0.15) is 13.3 Å². The van der Waals surface area contributed by atoms with Gasteiger partial charge in [-0.05, 0) is 31.4 Å². The third kappa shape index (κ3) is 4.93. The maximum absolute atomic E-state index is 4.22. The van der Waals surface area contributed by atoms with Crippen LogP contribution in [-0.2, 0) is 0 Å². The van der Waals surface area contributed by atoms with E-state index in [4.69, 9.17) is 0 Å². The molecule has 3 nitrogen and oxygen atoms in total. The van der Waals surface area contributed by atoms with Gasteiger partial charge in [-0.2, -0.15) is 11.8 Å². The van der Waals surface area contributed by atoms with Crippen LogP contribution in [0.25, 0.3) is 0 Å². The summed E-state index contributed by atoms with van der Waals surface area (Å²) in [5.41, 5.74) is 1.14. The molecule has 0 aliphatic rings. The standard InChI is InChI=1S/C11H19N3S/c1-3-12-11-9-10(5-7-14-11)13-6-4-8-15-2/h5,7,9H,3-4,6,8H2,1-2H3,(H2,12,13,14). The first-order valence-electron chi connectivity index (χ1n) is 5.29. The van der Waals surface area contributed by atoms with E-state index in [1.54, 1.807) is 0 Å². The van der Waals surface area contributed by atoms with Crippen molar-refractivity contribution in [2.45, 2.75) is 13.3 Å². The molecule has 1 rings (SSSR count). The summed E-state index contributed by atoms with van der Waals surface area (Å²) < 4.78 is 0. The molecule has 0 spiro atoms. The first-order valence-corrected chi connectivity index (χ1v) is 6.69. The molecular weight excluding hydrogens is 206 g/mol. The lowest BCUT2D eigenvalue weighted by atomic mass is 10.3. The van der Waals surface area contributed by atoms with Crippen molar-refractivity contribution in [2.24, 2.45) is 0 Å². The average molecular weight is 225 g/mol. The van der Waals surface area contributed by atoms with Crippen LogP contribution in [0.2, 0.25) is 0 Å². The van der Waals surface area contributed by atoms with Crippen molar-refractivity contribution in [1.29, 1.82) is 0 Å². The predicted molar refractivity (Wildman–Crippen MR) is 69.9 cm³/mol. The topological polar surface area (TPSA) is 37.0 Å². The highest BCUT2D eigenvalue weighted by molar-refractivity contribution is 7.98. The summed E-state index contributed by atoms with van der Waals surface area (Å²) in [6, 6.07) is 4.04. The maximum atomic E-state index is 4.22. The van der Waals surface area contributed by atoms with Gasteiger partial charge in [-0.1, -0.05) is 0 Å². The molecule has 0 fully saturated rings. The summed E-state index contributed by atoms with van der Waals surface area (Å²) in [5.74, 6) is 2.14. The molecule has 0 saturated heterocycles. The molecule has 4 heteroatoms. The number of pyridine rings is 1. The minimum absolute atomic E-state index is 0.906. The van der Waals surface area contributed by atoms with E-state index in [1.165, 1.54) is 12.2 Å². The van der Waals surface area contributed by atoms with Gasteiger partial charge in [0.25, 0.3) is 0 Å². The second-order valence-electron chi connectivity index (χ2n) is 3.23. The first kappa shape index (κ1) is 12.2. The fourth-order valence-corrected chi connectivity index (χ4v) is 1.70. The van der Waals surface area contributed by atoms with E-state index in [9.17, 15) is 0 Å². The van der Waals surface area contributed by atoms with Crippen molar-refractivity contribution in [2.75, 3.05) is 35.7 Å². The third-order valence-electron chi connectivity index (χ3n) is 1.97. The fraction of sp³-hybridized carbons (Fsp3) is 0.545. The van der Waals surface area contributed by atoms with Crippen LogP contribution >= 0.6 is 11.8 Å².